The van der Waals surface area contributed by atoms with E-state index in [0.29, 0.717) is 22.8 Å². The molecule has 0 radical (unpaired) electrons. The Bertz CT molecular complexity index is 1250. The quantitative estimate of drug-likeness (QED) is 0.433. The molecule has 1 heterocycles. The Morgan fingerprint density at radius 3 is 2.45 bits per heavy atom. The van der Waals surface area contributed by atoms with E-state index >= 15 is 4.39 Å². The van der Waals surface area contributed by atoms with Gasteiger partial charge in [0, 0.05) is 18.3 Å². The molecule has 0 bridgehead atoms. The Morgan fingerprint density at radius 2 is 1.79 bits per heavy atom. The molecule has 33 heavy (non-hydrogen) atoms. The van der Waals surface area contributed by atoms with Crippen LogP contribution in [0.1, 0.15) is 19.4 Å². The first-order chi connectivity index (χ1) is 15.9. The first-order valence-electron chi connectivity index (χ1n) is 10.5. The van der Waals surface area contributed by atoms with Crippen molar-refractivity contribution in [3.8, 4) is 22.6 Å². The maximum Gasteiger partial charge on any atom is 0.224 e. The molecule has 3 aromatic carbocycles. The van der Waals surface area contributed by atoms with Crippen LogP contribution in [0.4, 0.5) is 18.9 Å². The van der Waals surface area contributed by atoms with Crippen LogP contribution >= 0.6 is 0 Å². The van der Waals surface area contributed by atoms with Crippen LogP contribution in [0.15, 0.2) is 71.4 Å². The lowest BCUT2D eigenvalue weighted by molar-refractivity contribution is 0.414. The molecular weight excluding hydrogens is 429 g/mol. The molecule has 0 aliphatic carbocycles. The van der Waals surface area contributed by atoms with Crippen molar-refractivity contribution in [1.82, 2.24) is 0 Å². The molecule has 1 N–H and O–H groups in total. The van der Waals surface area contributed by atoms with E-state index in [1.165, 1.54) is 25.3 Å². The normalized spacial score (nSPS) is 12.7. The lowest BCUT2D eigenvalue weighted by Crippen LogP contribution is -2.21. The summed E-state index contributed by atoms with van der Waals surface area (Å²) in [7, 11) is 1.52. The molecule has 0 saturated heterocycles. The minimum Gasteiger partial charge on any atom is -0.497 e. The Kier molecular flexibility index (Phi) is 6.40. The average molecular weight is 452 g/mol. The summed E-state index contributed by atoms with van der Waals surface area (Å²) in [6.45, 7) is 4.06. The summed E-state index contributed by atoms with van der Waals surface area (Å²) >= 11 is 0. The molecule has 0 spiro atoms. The van der Waals surface area contributed by atoms with Gasteiger partial charge in [-0.15, -0.1) is 0 Å². The van der Waals surface area contributed by atoms with Crippen LogP contribution in [0, 0.1) is 23.4 Å². The van der Waals surface area contributed by atoms with Crippen molar-refractivity contribution in [1.29, 1.82) is 0 Å². The van der Waals surface area contributed by atoms with Gasteiger partial charge in [-0.2, -0.15) is 0 Å². The van der Waals surface area contributed by atoms with E-state index in [-0.39, 0.29) is 29.7 Å². The van der Waals surface area contributed by atoms with E-state index in [1.54, 1.807) is 30.5 Å². The maximum absolute atomic E-state index is 15.1. The SMILES string of the molecule is COc1cc(CNc2c(F)ccc(OC3=NC=C3C(C)C)c2F)cc(-c2cccc(F)c2)c1. The molecule has 170 valence electrons. The van der Waals surface area contributed by atoms with Gasteiger partial charge in [-0.1, -0.05) is 26.0 Å². The van der Waals surface area contributed by atoms with Gasteiger partial charge in [0.2, 0.25) is 5.90 Å². The van der Waals surface area contributed by atoms with Crippen molar-refractivity contribution in [2.45, 2.75) is 20.4 Å². The van der Waals surface area contributed by atoms with Crippen molar-refractivity contribution in [2.24, 2.45) is 10.9 Å². The molecule has 0 saturated carbocycles. The third kappa shape index (κ3) is 4.87. The molecule has 0 fully saturated rings. The van der Waals surface area contributed by atoms with Crippen molar-refractivity contribution in [3.63, 3.8) is 0 Å². The van der Waals surface area contributed by atoms with E-state index < -0.39 is 11.6 Å². The van der Waals surface area contributed by atoms with Gasteiger partial charge in [-0.25, -0.2) is 18.2 Å². The van der Waals surface area contributed by atoms with E-state index in [0.717, 1.165) is 17.2 Å². The third-order valence-corrected chi connectivity index (χ3v) is 5.28. The van der Waals surface area contributed by atoms with Crippen LogP contribution in [-0.4, -0.2) is 13.0 Å². The van der Waals surface area contributed by atoms with Crippen molar-refractivity contribution in [2.75, 3.05) is 12.4 Å². The molecule has 0 unspecified atom stereocenters. The molecule has 4 nitrogen and oxygen atoms in total. The van der Waals surface area contributed by atoms with E-state index in [4.69, 9.17) is 9.47 Å². The number of halogens is 3. The summed E-state index contributed by atoms with van der Waals surface area (Å²) in [5, 5.41) is 2.81. The fourth-order valence-electron chi connectivity index (χ4n) is 3.46. The van der Waals surface area contributed by atoms with E-state index in [2.05, 4.69) is 10.3 Å². The third-order valence-electron chi connectivity index (χ3n) is 5.28. The zero-order chi connectivity index (χ0) is 23.5. The summed E-state index contributed by atoms with van der Waals surface area (Å²) < 4.78 is 54.1. The highest BCUT2D eigenvalue weighted by Crippen LogP contribution is 2.32. The van der Waals surface area contributed by atoms with Gasteiger partial charge in [0.05, 0.1) is 7.11 Å². The number of ether oxygens (including phenoxy) is 2. The largest absolute Gasteiger partial charge is 0.497 e. The summed E-state index contributed by atoms with van der Waals surface area (Å²) in [5.41, 5.74) is 2.65. The van der Waals surface area contributed by atoms with Crippen LogP contribution in [0.5, 0.6) is 11.5 Å². The number of aliphatic imine (C=N–C) groups is 1. The number of hydrogen-bond acceptors (Lipinski definition) is 4. The average Bonchev–Trinajstić information content (AvgIpc) is 2.77. The zero-order valence-corrected chi connectivity index (χ0v) is 18.5. The smallest absolute Gasteiger partial charge is 0.224 e. The predicted molar refractivity (Wildman–Crippen MR) is 123 cm³/mol. The highest BCUT2D eigenvalue weighted by atomic mass is 19.1. The molecule has 0 atom stereocenters. The molecule has 7 heteroatoms. The summed E-state index contributed by atoms with van der Waals surface area (Å²) in [6, 6.07) is 13.9. The van der Waals surface area contributed by atoms with Crippen molar-refractivity contribution in [3.05, 3.63) is 89.4 Å². The zero-order valence-electron chi connectivity index (χ0n) is 18.5. The Morgan fingerprint density at radius 1 is 0.970 bits per heavy atom. The lowest BCUT2D eigenvalue weighted by atomic mass is 10.0. The van der Waals surface area contributed by atoms with Gasteiger partial charge >= 0.3 is 0 Å². The monoisotopic (exact) mass is 452 g/mol. The number of methoxy groups -OCH3 is 1. The molecule has 0 amide bonds. The molecule has 1 aliphatic rings. The van der Waals surface area contributed by atoms with Gasteiger partial charge in [0.1, 0.15) is 23.1 Å². The first kappa shape index (κ1) is 22.5. The first-order valence-corrected chi connectivity index (χ1v) is 10.5. The molecule has 1 aliphatic heterocycles. The van der Waals surface area contributed by atoms with Crippen LogP contribution in [-0.2, 0) is 6.54 Å². The van der Waals surface area contributed by atoms with Crippen LogP contribution in [0.2, 0.25) is 0 Å². The minimum atomic E-state index is -0.846. The fraction of sp³-hybridized carbons (Fsp3) is 0.192. The van der Waals surface area contributed by atoms with E-state index in [9.17, 15) is 8.78 Å². The van der Waals surface area contributed by atoms with Crippen LogP contribution < -0.4 is 14.8 Å². The highest BCUT2D eigenvalue weighted by molar-refractivity contribution is 6.00. The van der Waals surface area contributed by atoms with Gasteiger partial charge in [0.15, 0.2) is 11.6 Å². The summed E-state index contributed by atoms with van der Waals surface area (Å²) in [6.07, 6.45) is 1.67. The second-order valence-corrected chi connectivity index (χ2v) is 7.94. The Balaban J connectivity index is 1.56. The maximum atomic E-state index is 15.1. The number of nitrogens with zero attached hydrogens (tertiary/aromatic N) is 1. The highest BCUT2D eigenvalue weighted by Gasteiger charge is 2.23. The number of nitrogens with one attached hydrogen (secondary N) is 1. The molecule has 4 rings (SSSR count). The summed E-state index contributed by atoms with van der Waals surface area (Å²) in [5.74, 6) is -1.02. The van der Waals surface area contributed by atoms with Crippen LogP contribution in [0.25, 0.3) is 11.1 Å². The van der Waals surface area contributed by atoms with Crippen molar-refractivity contribution >= 4 is 11.6 Å². The van der Waals surface area contributed by atoms with Gasteiger partial charge in [-0.3, -0.25) is 0 Å². The Hall–Kier alpha value is -3.74. The van der Waals surface area contributed by atoms with Crippen molar-refractivity contribution < 1.29 is 22.6 Å². The Labute approximate surface area is 190 Å². The minimum absolute atomic E-state index is 0.106. The molecule has 0 aromatic heterocycles. The number of anilines is 1. The standard InChI is InChI=1S/C26H23F3N2O2/c1-15(2)21-14-31-26(21)33-23-8-7-22(28)25(24(23)29)30-13-16-9-18(12-20(10-16)32-3)17-5-4-6-19(27)11-17/h4-12,14-15,30H,13H2,1-3H3. The lowest BCUT2D eigenvalue weighted by Gasteiger charge is -2.20. The van der Waals surface area contributed by atoms with Gasteiger partial charge in [0.25, 0.3) is 0 Å². The number of benzene rings is 3. The number of hydrogen-bond donors (Lipinski definition) is 1. The molecule has 3 aromatic rings. The van der Waals surface area contributed by atoms with Gasteiger partial charge < -0.3 is 14.8 Å². The second-order valence-electron chi connectivity index (χ2n) is 7.94. The predicted octanol–water partition coefficient (Wildman–Crippen LogP) is 6.72. The molecular formula is C26H23F3N2O2. The van der Waals surface area contributed by atoms with Gasteiger partial charge in [-0.05, 0) is 65.1 Å². The van der Waals surface area contributed by atoms with Crippen LogP contribution in [0.3, 0.4) is 0 Å². The topological polar surface area (TPSA) is 42.8 Å². The van der Waals surface area contributed by atoms with E-state index in [1.807, 2.05) is 19.9 Å². The summed E-state index contributed by atoms with van der Waals surface area (Å²) in [4.78, 5) is 4.03. The number of rotatable bonds is 7. The fourth-order valence-corrected chi connectivity index (χ4v) is 3.46. The second kappa shape index (κ2) is 9.40.